The number of hydrogen-bond acceptors (Lipinski definition) is 3. The van der Waals surface area contributed by atoms with E-state index in [9.17, 15) is 9.18 Å². The molecule has 0 aliphatic heterocycles. The van der Waals surface area contributed by atoms with Crippen molar-refractivity contribution in [3.05, 3.63) is 50.7 Å². The molecule has 0 atom stereocenters. The molecule has 0 bridgehead atoms. The molecule has 2 rings (SSSR count). The number of benzene rings is 2. The van der Waals surface area contributed by atoms with Gasteiger partial charge in [0, 0.05) is 14.6 Å². The Kier molecular flexibility index (Phi) is 4.84. The third kappa shape index (κ3) is 3.36. The highest BCUT2D eigenvalue weighted by Gasteiger charge is 2.19. The Labute approximate surface area is 137 Å². The third-order valence-electron chi connectivity index (χ3n) is 2.73. The van der Waals surface area contributed by atoms with Gasteiger partial charge in [0.15, 0.2) is 0 Å². The number of nitrogens with one attached hydrogen (secondary N) is 1. The number of nitrogen functional groups attached to an aromatic ring is 1. The average Bonchev–Trinajstić information content (AvgIpc) is 2.42. The molecule has 0 saturated carbocycles. The normalized spacial score (nSPS) is 10.3. The lowest BCUT2D eigenvalue weighted by molar-refractivity contribution is 0.102. The summed E-state index contributed by atoms with van der Waals surface area (Å²) in [6.45, 7) is 0. The van der Waals surface area contributed by atoms with Crippen molar-refractivity contribution in [3.8, 4) is 5.75 Å². The number of anilines is 2. The predicted octanol–water partition coefficient (Wildman–Crippen LogP) is 4.19. The molecule has 0 heterocycles. The van der Waals surface area contributed by atoms with Gasteiger partial charge in [0.05, 0.1) is 12.8 Å². The van der Waals surface area contributed by atoms with E-state index in [1.54, 1.807) is 12.1 Å². The molecular weight excluding hydrogens is 407 g/mol. The van der Waals surface area contributed by atoms with E-state index in [1.165, 1.54) is 25.3 Å². The van der Waals surface area contributed by atoms with Crippen LogP contribution in [0.3, 0.4) is 0 Å². The zero-order valence-electron chi connectivity index (χ0n) is 10.9. The second kappa shape index (κ2) is 6.44. The number of carbonyl (C=O) groups excluding carboxylic acids is 1. The first-order chi connectivity index (χ1) is 9.93. The van der Waals surface area contributed by atoms with Crippen LogP contribution in [0.4, 0.5) is 15.8 Å². The van der Waals surface area contributed by atoms with Gasteiger partial charge in [0.2, 0.25) is 0 Å². The molecule has 4 nitrogen and oxygen atoms in total. The van der Waals surface area contributed by atoms with Crippen LogP contribution in [0.5, 0.6) is 5.75 Å². The van der Waals surface area contributed by atoms with Crippen molar-refractivity contribution in [1.29, 1.82) is 0 Å². The van der Waals surface area contributed by atoms with Crippen molar-refractivity contribution in [2.75, 3.05) is 18.2 Å². The highest BCUT2D eigenvalue weighted by Crippen LogP contribution is 2.34. The lowest BCUT2D eigenvalue weighted by Gasteiger charge is -2.13. The minimum atomic E-state index is -0.658. The summed E-state index contributed by atoms with van der Waals surface area (Å²) in [6.07, 6.45) is 0. The molecule has 2 aromatic rings. The fraction of sp³-hybridized carbons (Fsp3) is 0.0714. The van der Waals surface area contributed by atoms with E-state index in [1.807, 2.05) is 0 Å². The van der Waals surface area contributed by atoms with Crippen LogP contribution in [-0.2, 0) is 0 Å². The highest BCUT2D eigenvalue weighted by atomic mass is 79.9. The van der Waals surface area contributed by atoms with Crippen LogP contribution in [0.1, 0.15) is 10.4 Å². The molecule has 0 fully saturated rings. The summed E-state index contributed by atoms with van der Waals surface area (Å²) in [5.41, 5.74) is 6.51. The van der Waals surface area contributed by atoms with Gasteiger partial charge >= 0.3 is 0 Å². The average molecular weight is 418 g/mol. The van der Waals surface area contributed by atoms with Gasteiger partial charge in [-0.3, -0.25) is 4.79 Å². The Morgan fingerprint density at radius 3 is 2.48 bits per heavy atom. The lowest BCUT2D eigenvalue weighted by atomic mass is 10.1. The molecule has 21 heavy (non-hydrogen) atoms. The zero-order valence-corrected chi connectivity index (χ0v) is 14.1. The minimum absolute atomic E-state index is 0.157. The second-order valence-electron chi connectivity index (χ2n) is 4.13. The van der Waals surface area contributed by atoms with Crippen LogP contribution in [-0.4, -0.2) is 13.0 Å². The van der Waals surface area contributed by atoms with Gasteiger partial charge in [-0.15, -0.1) is 0 Å². The first kappa shape index (κ1) is 15.8. The number of rotatable bonds is 3. The smallest absolute Gasteiger partial charge is 0.262 e. The molecule has 0 aliphatic carbocycles. The van der Waals surface area contributed by atoms with Gasteiger partial charge < -0.3 is 15.8 Å². The summed E-state index contributed by atoms with van der Waals surface area (Å²) >= 11 is 6.61. The molecule has 0 saturated heterocycles. The number of hydrogen-bond donors (Lipinski definition) is 2. The molecule has 7 heteroatoms. The number of methoxy groups -OCH3 is 1. The summed E-state index contributed by atoms with van der Waals surface area (Å²) in [4.78, 5) is 12.3. The van der Waals surface area contributed by atoms with Gasteiger partial charge in [0.25, 0.3) is 5.91 Å². The summed E-state index contributed by atoms with van der Waals surface area (Å²) in [7, 11) is 1.38. The molecule has 2 aromatic carbocycles. The van der Waals surface area contributed by atoms with Crippen molar-refractivity contribution in [2.45, 2.75) is 0 Å². The van der Waals surface area contributed by atoms with Gasteiger partial charge in [0.1, 0.15) is 17.1 Å². The maximum atomic E-state index is 13.9. The summed E-state index contributed by atoms with van der Waals surface area (Å²) in [6, 6.07) is 7.47. The van der Waals surface area contributed by atoms with E-state index in [0.717, 1.165) is 0 Å². The maximum Gasteiger partial charge on any atom is 0.262 e. The van der Waals surface area contributed by atoms with Crippen LogP contribution in [0.15, 0.2) is 39.3 Å². The van der Waals surface area contributed by atoms with Gasteiger partial charge in [-0.05, 0) is 56.1 Å². The van der Waals surface area contributed by atoms with E-state index in [4.69, 9.17) is 10.5 Å². The Morgan fingerprint density at radius 2 is 1.90 bits per heavy atom. The molecule has 110 valence electrons. The zero-order chi connectivity index (χ0) is 15.6. The number of halogens is 3. The predicted molar refractivity (Wildman–Crippen MR) is 87.2 cm³/mol. The van der Waals surface area contributed by atoms with Crippen molar-refractivity contribution in [3.63, 3.8) is 0 Å². The molecule has 1 amide bonds. The maximum absolute atomic E-state index is 13.9. The molecule has 0 aliphatic rings. The molecule has 0 spiro atoms. The Bertz CT molecular complexity index is 684. The SMILES string of the molecule is COc1cccc(F)c1C(=O)Nc1c(Br)cc(N)cc1Br. The number of amides is 1. The van der Waals surface area contributed by atoms with Crippen molar-refractivity contribution < 1.29 is 13.9 Å². The Balaban J connectivity index is 2.40. The fourth-order valence-corrected chi connectivity index (χ4v) is 3.20. The molecule has 0 aromatic heterocycles. The van der Waals surface area contributed by atoms with E-state index < -0.39 is 11.7 Å². The molecular formula is C14H11Br2FN2O2. The van der Waals surface area contributed by atoms with Gasteiger partial charge in [-0.25, -0.2) is 4.39 Å². The summed E-state index contributed by atoms with van der Waals surface area (Å²) < 4.78 is 20.1. The van der Waals surface area contributed by atoms with Crippen LogP contribution >= 0.6 is 31.9 Å². The van der Waals surface area contributed by atoms with Crippen molar-refractivity contribution in [2.24, 2.45) is 0 Å². The van der Waals surface area contributed by atoms with Crippen LogP contribution < -0.4 is 15.8 Å². The quantitative estimate of drug-likeness (QED) is 0.735. The van der Waals surface area contributed by atoms with E-state index in [2.05, 4.69) is 37.2 Å². The Morgan fingerprint density at radius 1 is 1.29 bits per heavy atom. The van der Waals surface area contributed by atoms with E-state index >= 15 is 0 Å². The number of ether oxygens (including phenoxy) is 1. The largest absolute Gasteiger partial charge is 0.496 e. The van der Waals surface area contributed by atoms with Crippen LogP contribution in [0, 0.1) is 5.82 Å². The van der Waals surface area contributed by atoms with E-state index in [0.29, 0.717) is 20.3 Å². The van der Waals surface area contributed by atoms with Gasteiger partial charge in [-0.1, -0.05) is 6.07 Å². The summed E-state index contributed by atoms with van der Waals surface area (Å²) in [5.74, 6) is -1.11. The highest BCUT2D eigenvalue weighted by molar-refractivity contribution is 9.11. The van der Waals surface area contributed by atoms with Crippen LogP contribution in [0.2, 0.25) is 0 Å². The van der Waals surface area contributed by atoms with E-state index in [-0.39, 0.29) is 11.3 Å². The first-order valence-electron chi connectivity index (χ1n) is 5.82. The monoisotopic (exact) mass is 416 g/mol. The Hall–Kier alpha value is -1.60. The topological polar surface area (TPSA) is 64.3 Å². The van der Waals surface area contributed by atoms with Crippen LogP contribution in [0.25, 0.3) is 0 Å². The molecule has 0 radical (unpaired) electrons. The second-order valence-corrected chi connectivity index (χ2v) is 5.84. The minimum Gasteiger partial charge on any atom is -0.496 e. The van der Waals surface area contributed by atoms with Crippen molar-refractivity contribution >= 4 is 49.1 Å². The number of nitrogens with two attached hydrogens (primary N) is 1. The standard InChI is InChI=1S/C14H11Br2FN2O2/c1-21-11-4-2-3-10(17)12(11)14(20)19-13-8(15)5-7(18)6-9(13)16/h2-6H,18H2,1H3,(H,19,20). The fourth-order valence-electron chi connectivity index (χ4n) is 1.78. The third-order valence-corrected chi connectivity index (χ3v) is 3.98. The van der Waals surface area contributed by atoms with Crippen molar-refractivity contribution in [1.82, 2.24) is 0 Å². The lowest BCUT2D eigenvalue weighted by Crippen LogP contribution is -2.16. The molecule has 0 unspecified atom stereocenters. The summed E-state index contributed by atoms with van der Waals surface area (Å²) in [5, 5.41) is 2.63. The molecule has 3 N–H and O–H groups in total. The number of carbonyl (C=O) groups is 1. The first-order valence-corrected chi connectivity index (χ1v) is 7.41. The van der Waals surface area contributed by atoms with Gasteiger partial charge in [-0.2, -0.15) is 0 Å².